The van der Waals surface area contributed by atoms with Gasteiger partial charge < -0.3 is 15.2 Å². The van der Waals surface area contributed by atoms with Crippen molar-refractivity contribution in [3.8, 4) is 0 Å². The van der Waals surface area contributed by atoms with Gasteiger partial charge in [0.15, 0.2) is 0 Å². The van der Waals surface area contributed by atoms with Gasteiger partial charge in [-0.1, -0.05) is 6.07 Å². The summed E-state index contributed by atoms with van der Waals surface area (Å²) in [4.78, 5) is 13.5. The average molecular weight is 401 g/mol. The lowest BCUT2D eigenvalue weighted by Crippen LogP contribution is -2.35. The van der Waals surface area contributed by atoms with Gasteiger partial charge in [-0.2, -0.15) is 13.2 Å². The average Bonchev–Trinajstić information content (AvgIpc) is 3.39. The second-order valence-electron chi connectivity index (χ2n) is 8.01. The quantitative estimate of drug-likeness (QED) is 0.694. The number of alkyl halides is 3. The molecule has 1 saturated carbocycles. The first kappa shape index (κ1) is 18.4. The van der Waals surface area contributed by atoms with Crippen molar-refractivity contribution in [2.24, 2.45) is 11.8 Å². The molecule has 1 aliphatic heterocycles. The van der Waals surface area contributed by atoms with Crippen LogP contribution in [0, 0.1) is 11.8 Å². The minimum atomic E-state index is -4.41. The summed E-state index contributed by atoms with van der Waals surface area (Å²) in [5, 5.41) is 4.75. The van der Waals surface area contributed by atoms with E-state index < -0.39 is 11.9 Å². The van der Waals surface area contributed by atoms with Crippen molar-refractivity contribution in [2.75, 3.05) is 18.0 Å². The van der Waals surface area contributed by atoms with Crippen molar-refractivity contribution < 1.29 is 13.2 Å². The zero-order valence-corrected chi connectivity index (χ0v) is 15.8. The monoisotopic (exact) mass is 401 g/mol. The number of H-pyrrole nitrogens is 1. The molecule has 0 bridgehead atoms. The topological polar surface area (TPSA) is 56.8 Å². The summed E-state index contributed by atoms with van der Waals surface area (Å²) in [6, 6.07) is 10.6. The smallest absolute Gasteiger partial charge is 0.356 e. The fraction of sp³-hybridized carbons (Fsp3) is 0.429. The molecule has 8 heteroatoms. The molecule has 0 radical (unpaired) electrons. The Kier molecular flexibility index (Phi) is 4.46. The number of pyridine rings is 2. The van der Waals surface area contributed by atoms with Crippen molar-refractivity contribution in [2.45, 2.75) is 31.6 Å². The molecule has 3 aromatic rings. The summed E-state index contributed by atoms with van der Waals surface area (Å²) in [6.45, 7) is 2.24. The normalized spacial score (nSPS) is 24.4. The number of nitrogens with one attached hydrogen (secondary N) is 2. The number of fused-ring (bicyclic) bond motifs is 2. The largest absolute Gasteiger partial charge is 0.433 e. The number of nitrogens with zero attached hydrogens (tertiary/aromatic N) is 3. The Morgan fingerprint density at radius 3 is 2.86 bits per heavy atom. The van der Waals surface area contributed by atoms with Crippen LogP contribution in [0.5, 0.6) is 0 Å². The van der Waals surface area contributed by atoms with Gasteiger partial charge in [0, 0.05) is 43.0 Å². The lowest BCUT2D eigenvalue weighted by molar-refractivity contribution is -0.141. The van der Waals surface area contributed by atoms with Gasteiger partial charge in [-0.15, -0.1) is 0 Å². The van der Waals surface area contributed by atoms with Crippen LogP contribution in [0.1, 0.15) is 24.2 Å². The van der Waals surface area contributed by atoms with Gasteiger partial charge in [0.25, 0.3) is 0 Å². The molecule has 0 spiro atoms. The number of aromatic nitrogens is 3. The Hall–Kier alpha value is -2.61. The Labute approximate surface area is 166 Å². The van der Waals surface area contributed by atoms with Gasteiger partial charge in [-0.25, -0.2) is 9.97 Å². The van der Waals surface area contributed by atoms with E-state index in [1.54, 1.807) is 12.3 Å². The van der Waals surface area contributed by atoms with Crippen molar-refractivity contribution >= 4 is 16.9 Å². The van der Waals surface area contributed by atoms with E-state index in [2.05, 4.69) is 26.3 Å². The first-order chi connectivity index (χ1) is 14.0. The molecular weight excluding hydrogens is 379 g/mol. The molecule has 2 aliphatic rings. The number of aromatic amines is 1. The highest BCUT2D eigenvalue weighted by molar-refractivity contribution is 5.76. The van der Waals surface area contributed by atoms with Crippen LogP contribution in [-0.4, -0.2) is 34.1 Å². The molecule has 152 valence electrons. The standard InChI is InChI=1S/C21H22F3N5/c22-21(23,24)18-4-1-5-19(28-18)29-11-14-6-7-17(16(14)12-29)26-10-15-9-13-3-2-8-25-20(13)27-15/h1-5,8-9,14,16-17,26H,6-7,10-12H2,(H,25,27). The molecule has 29 heavy (non-hydrogen) atoms. The fourth-order valence-electron chi connectivity index (χ4n) is 4.81. The predicted molar refractivity (Wildman–Crippen MR) is 104 cm³/mol. The van der Waals surface area contributed by atoms with E-state index in [-0.39, 0.29) is 0 Å². The third-order valence-corrected chi connectivity index (χ3v) is 6.21. The van der Waals surface area contributed by atoms with Crippen molar-refractivity contribution in [3.05, 3.63) is 54.0 Å². The summed E-state index contributed by atoms with van der Waals surface area (Å²) < 4.78 is 39.0. The molecular formula is C21H22F3N5. The van der Waals surface area contributed by atoms with Gasteiger partial charge in [0.1, 0.15) is 17.2 Å². The Balaban J connectivity index is 1.25. The molecule has 1 aliphatic carbocycles. The highest BCUT2D eigenvalue weighted by atomic mass is 19.4. The van der Waals surface area contributed by atoms with E-state index in [4.69, 9.17) is 0 Å². The summed E-state index contributed by atoms with van der Waals surface area (Å²) >= 11 is 0. The van der Waals surface area contributed by atoms with Crippen LogP contribution in [-0.2, 0) is 12.7 Å². The maximum atomic E-state index is 13.0. The summed E-state index contributed by atoms with van der Waals surface area (Å²) in [5.41, 5.74) is 1.15. The van der Waals surface area contributed by atoms with Gasteiger partial charge in [0.2, 0.25) is 0 Å². The lowest BCUT2D eigenvalue weighted by atomic mass is 9.98. The first-order valence-electron chi connectivity index (χ1n) is 9.92. The minimum Gasteiger partial charge on any atom is -0.356 e. The molecule has 3 aromatic heterocycles. The predicted octanol–water partition coefficient (Wildman–Crippen LogP) is 3.98. The van der Waals surface area contributed by atoms with Crippen LogP contribution >= 0.6 is 0 Å². The lowest BCUT2D eigenvalue weighted by Gasteiger charge is -2.23. The molecule has 3 atom stereocenters. The van der Waals surface area contributed by atoms with Gasteiger partial charge >= 0.3 is 6.18 Å². The van der Waals surface area contributed by atoms with Gasteiger partial charge in [-0.05, 0) is 55.0 Å². The molecule has 2 fully saturated rings. The van der Waals surface area contributed by atoms with E-state index in [1.165, 1.54) is 6.07 Å². The molecule has 0 amide bonds. The van der Waals surface area contributed by atoms with Gasteiger partial charge in [-0.3, -0.25) is 0 Å². The van der Waals surface area contributed by atoms with Crippen LogP contribution in [0.25, 0.3) is 11.0 Å². The highest BCUT2D eigenvalue weighted by Gasteiger charge is 2.43. The van der Waals surface area contributed by atoms with Crippen LogP contribution in [0.15, 0.2) is 42.6 Å². The number of hydrogen-bond donors (Lipinski definition) is 2. The maximum absolute atomic E-state index is 13.0. The zero-order chi connectivity index (χ0) is 20.0. The number of anilines is 1. The number of halogens is 3. The molecule has 5 nitrogen and oxygen atoms in total. The van der Waals surface area contributed by atoms with E-state index in [0.717, 1.165) is 55.3 Å². The second-order valence-corrected chi connectivity index (χ2v) is 8.01. The number of rotatable bonds is 4. The molecule has 2 N–H and O–H groups in total. The molecule has 1 saturated heterocycles. The summed E-state index contributed by atoms with van der Waals surface area (Å²) in [6.07, 6.45) is -0.458. The van der Waals surface area contributed by atoms with Crippen molar-refractivity contribution in [1.29, 1.82) is 0 Å². The molecule has 3 unspecified atom stereocenters. The fourth-order valence-corrected chi connectivity index (χ4v) is 4.81. The van der Waals surface area contributed by atoms with E-state index in [9.17, 15) is 13.2 Å². The maximum Gasteiger partial charge on any atom is 0.433 e. The van der Waals surface area contributed by atoms with Crippen LogP contribution in [0.3, 0.4) is 0 Å². The third kappa shape index (κ3) is 3.57. The van der Waals surface area contributed by atoms with Crippen molar-refractivity contribution in [3.63, 3.8) is 0 Å². The van der Waals surface area contributed by atoms with Crippen LogP contribution in [0.4, 0.5) is 19.0 Å². The van der Waals surface area contributed by atoms with E-state index >= 15 is 0 Å². The zero-order valence-electron chi connectivity index (χ0n) is 15.8. The Morgan fingerprint density at radius 2 is 2.03 bits per heavy atom. The van der Waals surface area contributed by atoms with Crippen LogP contribution < -0.4 is 10.2 Å². The van der Waals surface area contributed by atoms with E-state index in [0.29, 0.717) is 23.7 Å². The molecule has 4 heterocycles. The third-order valence-electron chi connectivity index (χ3n) is 6.21. The SMILES string of the molecule is FC(F)(F)c1cccc(N2CC3CCC(NCc4cc5cccnc5[nH]4)C3C2)n1. The summed E-state index contributed by atoms with van der Waals surface area (Å²) in [7, 11) is 0. The van der Waals surface area contributed by atoms with Gasteiger partial charge in [0.05, 0.1) is 0 Å². The number of hydrogen-bond acceptors (Lipinski definition) is 4. The summed E-state index contributed by atoms with van der Waals surface area (Å²) in [5.74, 6) is 1.34. The van der Waals surface area contributed by atoms with E-state index in [1.807, 2.05) is 17.0 Å². The van der Waals surface area contributed by atoms with Crippen molar-refractivity contribution in [1.82, 2.24) is 20.3 Å². The highest BCUT2D eigenvalue weighted by Crippen LogP contribution is 2.40. The minimum absolute atomic E-state index is 0.357. The Bertz CT molecular complexity index is 982. The second kappa shape index (κ2) is 7.02. The Morgan fingerprint density at radius 1 is 1.14 bits per heavy atom. The molecule has 5 rings (SSSR count). The van der Waals surface area contributed by atoms with Crippen LogP contribution in [0.2, 0.25) is 0 Å². The molecule has 0 aromatic carbocycles. The first-order valence-corrected chi connectivity index (χ1v) is 9.92.